The Morgan fingerprint density at radius 2 is 2.18 bits per heavy atom. The SMILES string of the molecule is O=[N+]([O-])c1c(N[C@@H]2C[C@H]2c2ccc(F)cc2)nc2sccn12. The van der Waals surface area contributed by atoms with Crippen LogP contribution >= 0.6 is 11.3 Å². The third-order valence-electron chi connectivity index (χ3n) is 3.82. The predicted octanol–water partition coefficient (Wildman–Crippen LogP) is 3.41. The van der Waals surface area contributed by atoms with E-state index in [-0.39, 0.29) is 23.6 Å². The van der Waals surface area contributed by atoms with Gasteiger partial charge in [-0.25, -0.2) is 4.39 Å². The van der Waals surface area contributed by atoms with Gasteiger partial charge in [0.05, 0.1) is 0 Å². The monoisotopic (exact) mass is 318 g/mol. The Balaban J connectivity index is 1.57. The molecule has 0 bridgehead atoms. The van der Waals surface area contributed by atoms with E-state index in [0.717, 1.165) is 12.0 Å². The highest BCUT2D eigenvalue weighted by molar-refractivity contribution is 7.15. The molecule has 1 N–H and O–H groups in total. The first kappa shape index (κ1) is 13.2. The summed E-state index contributed by atoms with van der Waals surface area (Å²) in [6.45, 7) is 0. The summed E-state index contributed by atoms with van der Waals surface area (Å²) in [5, 5.41) is 16.2. The molecule has 0 unspecified atom stereocenters. The van der Waals surface area contributed by atoms with E-state index in [1.54, 1.807) is 23.7 Å². The lowest BCUT2D eigenvalue weighted by atomic mass is 10.1. The molecule has 0 aliphatic heterocycles. The number of hydrogen-bond donors (Lipinski definition) is 1. The number of benzene rings is 1. The van der Waals surface area contributed by atoms with Crippen molar-refractivity contribution in [3.63, 3.8) is 0 Å². The summed E-state index contributed by atoms with van der Waals surface area (Å²) in [4.78, 5) is 15.7. The molecule has 8 heteroatoms. The first-order valence-electron chi connectivity index (χ1n) is 6.75. The second kappa shape index (κ2) is 4.77. The summed E-state index contributed by atoms with van der Waals surface area (Å²) in [6, 6.07) is 6.46. The zero-order valence-corrected chi connectivity index (χ0v) is 12.1. The smallest absolute Gasteiger partial charge is 0.360 e. The maximum absolute atomic E-state index is 12.9. The molecule has 2 atom stereocenters. The zero-order valence-electron chi connectivity index (χ0n) is 11.3. The number of aromatic nitrogens is 2. The van der Waals surface area contributed by atoms with Crippen LogP contribution in [0.4, 0.5) is 16.0 Å². The topological polar surface area (TPSA) is 72.5 Å². The van der Waals surface area contributed by atoms with Crippen LogP contribution in [-0.2, 0) is 0 Å². The van der Waals surface area contributed by atoms with Crippen LogP contribution < -0.4 is 5.32 Å². The Kier molecular flexibility index (Phi) is 2.86. The highest BCUT2D eigenvalue weighted by atomic mass is 32.1. The molecule has 1 aliphatic rings. The highest BCUT2D eigenvalue weighted by Gasteiger charge is 2.40. The molecule has 112 valence electrons. The Morgan fingerprint density at radius 3 is 2.91 bits per heavy atom. The van der Waals surface area contributed by atoms with Gasteiger partial charge >= 0.3 is 5.82 Å². The average molecular weight is 318 g/mol. The molecule has 0 amide bonds. The molecule has 3 aromatic rings. The molecule has 1 saturated carbocycles. The molecule has 6 nitrogen and oxygen atoms in total. The summed E-state index contributed by atoms with van der Waals surface area (Å²) in [5.41, 5.74) is 1.03. The van der Waals surface area contributed by atoms with E-state index in [0.29, 0.717) is 10.8 Å². The Morgan fingerprint density at radius 1 is 1.41 bits per heavy atom. The van der Waals surface area contributed by atoms with Gasteiger partial charge in [-0.2, -0.15) is 9.38 Å². The molecule has 0 saturated heterocycles. The molecule has 2 aromatic heterocycles. The van der Waals surface area contributed by atoms with Gasteiger partial charge in [-0.05, 0) is 29.0 Å². The molecule has 2 heterocycles. The Labute approximate surface area is 128 Å². The lowest BCUT2D eigenvalue weighted by Gasteiger charge is -2.03. The lowest BCUT2D eigenvalue weighted by Crippen LogP contribution is -2.07. The van der Waals surface area contributed by atoms with Crippen LogP contribution in [0.15, 0.2) is 35.8 Å². The van der Waals surface area contributed by atoms with Gasteiger partial charge < -0.3 is 15.4 Å². The fourth-order valence-electron chi connectivity index (χ4n) is 2.65. The quantitative estimate of drug-likeness (QED) is 0.591. The minimum atomic E-state index is -0.426. The van der Waals surface area contributed by atoms with Crippen molar-refractivity contribution in [3.05, 3.63) is 57.3 Å². The predicted molar refractivity (Wildman–Crippen MR) is 80.9 cm³/mol. The third kappa shape index (κ3) is 2.12. The Bertz CT molecular complexity index is 857. The van der Waals surface area contributed by atoms with Crippen molar-refractivity contribution in [3.8, 4) is 0 Å². The van der Waals surface area contributed by atoms with Gasteiger partial charge in [0.15, 0.2) is 0 Å². The molecule has 1 fully saturated rings. The summed E-state index contributed by atoms with van der Waals surface area (Å²) in [7, 11) is 0. The number of nitro groups is 1. The van der Waals surface area contributed by atoms with Gasteiger partial charge in [0.25, 0.3) is 4.96 Å². The maximum atomic E-state index is 12.9. The Hall–Kier alpha value is -2.48. The van der Waals surface area contributed by atoms with Gasteiger partial charge in [0.1, 0.15) is 12.0 Å². The number of nitrogens with zero attached hydrogens (tertiary/aromatic N) is 3. The molecular weight excluding hydrogens is 307 g/mol. The molecule has 22 heavy (non-hydrogen) atoms. The first-order valence-corrected chi connectivity index (χ1v) is 7.63. The number of halogens is 1. The minimum Gasteiger partial charge on any atom is -0.360 e. The van der Waals surface area contributed by atoms with Gasteiger partial charge in [0, 0.05) is 17.3 Å². The highest BCUT2D eigenvalue weighted by Crippen LogP contribution is 2.44. The number of fused-ring (bicyclic) bond motifs is 1. The molecule has 0 radical (unpaired) electrons. The van der Waals surface area contributed by atoms with E-state index in [1.807, 2.05) is 0 Å². The number of hydrogen-bond acceptors (Lipinski definition) is 5. The maximum Gasteiger partial charge on any atom is 0.372 e. The van der Waals surface area contributed by atoms with Crippen molar-refractivity contribution in [2.45, 2.75) is 18.4 Å². The van der Waals surface area contributed by atoms with Crippen LogP contribution in [0.25, 0.3) is 4.96 Å². The average Bonchev–Trinajstić information content (AvgIpc) is 2.93. The van der Waals surface area contributed by atoms with E-state index in [4.69, 9.17) is 0 Å². The number of thiazole rings is 1. The zero-order chi connectivity index (χ0) is 15.3. The summed E-state index contributed by atoms with van der Waals surface area (Å²) in [6.07, 6.45) is 2.49. The van der Waals surface area contributed by atoms with Crippen LogP contribution in [0.2, 0.25) is 0 Å². The van der Waals surface area contributed by atoms with Crippen molar-refractivity contribution < 1.29 is 9.31 Å². The van der Waals surface area contributed by atoms with Crippen LogP contribution in [0.3, 0.4) is 0 Å². The van der Waals surface area contributed by atoms with Crippen LogP contribution in [0.5, 0.6) is 0 Å². The normalized spacial score (nSPS) is 20.2. The van der Waals surface area contributed by atoms with E-state index in [9.17, 15) is 14.5 Å². The van der Waals surface area contributed by atoms with Gasteiger partial charge in [-0.1, -0.05) is 23.5 Å². The van der Waals surface area contributed by atoms with Crippen molar-refractivity contribution in [1.82, 2.24) is 9.38 Å². The van der Waals surface area contributed by atoms with Crippen molar-refractivity contribution in [1.29, 1.82) is 0 Å². The standard InChI is InChI=1S/C14H11FN4O2S/c15-9-3-1-8(2-4-9)10-7-11(10)16-12-13(19(20)21)18-5-6-22-14(18)17-12/h1-6,10-11,16H,7H2/t10-,11+/m0/s1. The van der Waals surface area contributed by atoms with Gasteiger partial charge in [-0.15, -0.1) is 0 Å². The lowest BCUT2D eigenvalue weighted by molar-refractivity contribution is -0.389. The molecule has 4 rings (SSSR count). The summed E-state index contributed by atoms with van der Waals surface area (Å²) >= 11 is 1.35. The second-order valence-electron chi connectivity index (χ2n) is 5.24. The molecule has 0 spiro atoms. The van der Waals surface area contributed by atoms with Crippen LogP contribution in [0.1, 0.15) is 17.9 Å². The summed E-state index contributed by atoms with van der Waals surface area (Å²) < 4.78 is 14.4. The molecular formula is C14H11FN4O2S. The van der Waals surface area contributed by atoms with E-state index in [1.165, 1.54) is 27.9 Å². The van der Waals surface area contributed by atoms with E-state index < -0.39 is 4.92 Å². The number of rotatable bonds is 4. The van der Waals surface area contributed by atoms with Gasteiger partial charge in [-0.3, -0.25) is 0 Å². The fourth-order valence-corrected chi connectivity index (χ4v) is 3.36. The second-order valence-corrected chi connectivity index (χ2v) is 6.11. The van der Waals surface area contributed by atoms with Crippen molar-refractivity contribution in [2.24, 2.45) is 0 Å². The number of imidazole rings is 1. The first-order chi connectivity index (χ1) is 10.6. The third-order valence-corrected chi connectivity index (χ3v) is 4.58. The number of anilines is 1. The fraction of sp³-hybridized carbons (Fsp3) is 0.214. The molecule has 1 aliphatic carbocycles. The van der Waals surface area contributed by atoms with Crippen molar-refractivity contribution in [2.75, 3.05) is 5.32 Å². The summed E-state index contributed by atoms with van der Waals surface area (Å²) in [5.74, 6) is 0.228. The minimum absolute atomic E-state index is 0.0407. The number of nitrogens with one attached hydrogen (secondary N) is 1. The van der Waals surface area contributed by atoms with E-state index >= 15 is 0 Å². The molecule has 1 aromatic carbocycles. The van der Waals surface area contributed by atoms with Crippen LogP contribution in [0, 0.1) is 15.9 Å². The van der Waals surface area contributed by atoms with Crippen molar-refractivity contribution >= 4 is 27.9 Å². The van der Waals surface area contributed by atoms with E-state index in [2.05, 4.69) is 10.3 Å². The largest absolute Gasteiger partial charge is 0.372 e. The van der Waals surface area contributed by atoms with Crippen LogP contribution in [-0.4, -0.2) is 20.3 Å². The van der Waals surface area contributed by atoms with Gasteiger partial charge in [0.2, 0.25) is 5.82 Å².